The molecular formula is C21H42O2. The first-order chi connectivity index (χ1) is 9.56. The van der Waals surface area contributed by atoms with Gasteiger partial charge in [0.25, 0.3) is 0 Å². The molecule has 3 saturated carbocycles. The highest BCUT2D eigenvalue weighted by atomic mass is 16.6. The molecule has 0 saturated heterocycles. The first-order valence-electron chi connectivity index (χ1n) is 8.79. The molecule has 0 N–H and O–H groups in total. The molecule has 138 valence electrons. The molecule has 0 aromatic carbocycles. The summed E-state index contributed by atoms with van der Waals surface area (Å²) in [7, 11) is 0. The molecule has 3 aliphatic carbocycles. The van der Waals surface area contributed by atoms with Crippen LogP contribution < -0.4 is 0 Å². The van der Waals surface area contributed by atoms with E-state index in [1.807, 2.05) is 0 Å². The molecule has 2 bridgehead atoms. The van der Waals surface area contributed by atoms with Gasteiger partial charge in [-0.25, -0.2) is 0 Å². The van der Waals surface area contributed by atoms with Crippen molar-refractivity contribution in [1.82, 2.24) is 0 Å². The lowest BCUT2D eigenvalue weighted by Gasteiger charge is -2.38. The van der Waals surface area contributed by atoms with Crippen LogP contribution in [-0.4, -0.2) is 11.6 Å². The average Bonchev–Trinajstić information content (AvgIpc) is 3.01. The van der Waals surface area contributed by atoms with Gasteiger partial charge in [0.05, 0.1) is 5.92 Å². The number of carbonyl (C=O) groups excluding carboxylic acids is 1. The molecule has 5 atom stereocenters. The van der Waals surface area contributed by atoms with Crippen molar-refractivity contribution in [2.45, 2.75) is 100 Å². The second-order valence-corrected chi connectivity index (χ2v) is 7.74. The van der Waals surface area contributed by atoms with Crippen molar-refractivity contribution in [2.24, 2.45) is 29.6 Å². The largest absolute Gasteiger partial charge is 0.459 e. The Kier molecular flexibility index (Phi) is 8.34. The molecule has 3 fully saturated rings. The maximum atomic E-state index is 12.7. The van der Waals surface area contributed by atoms with Crippen LogP contribution in [0.2, 0.25) is 0 Å². The van der Waals surface area contributed by atoms with Crippen molar-refractivity contribution < 1.29 is 9.53 Å². The summed E-state index contributed by atoms with van der Waals surface area (Å²) in [5.41, 5.74) is -0.119. The maximum absolute atomic E-state index is 12.7. The van der Waals surface area contributed by atoms with Gasteiger partial charge < -0.3 is 4.74 Å². The van der Waals surface area contributed by atoms with Crippen molar-refractivity contribution in [3.05, 3.63) is 0 Å². The fraction of sp³-hybridized carbons (Fsp3) is 0.952. The van der Waals surface area contributed by atoms with Gasteiger partial charge in [-0.2, -0.15) is 0 Å². The molecule has 0 radical (unpaired) electrons. The maximum Gasteiger partial charge on any atom is 0.309 e. The molecule has 0 aromatic heterocycles. The summed E-state index contributed by atoms with van der Waals surface area (Å²) in [6, 6.07) is 0. The summed E-state index contributed by atoms with van der Waals surface area (Å²) in [6.07, 6.45) is 9.28. The normalized spacial score (nSPS) is 37.1. The molecule has 3 aliphatic rings. The molecule has 2 nitrogen and oxygen atoms in total. The van der Waals surface area contributed by atoms with E-state index >= 15 is 0 Å². The van der Waals surface area contributed by atoms with Crippen LogP contribution in [0, 0.1) is 29.6 Å². The molecule has 0 aliphatic heterocycles. The van der Waals surface area contributed by atoms with E-state index in [1.54, 1.807) is 0 Å². The topological polar surface area (TPSA) is 26.3 Å². The molecule has 5 unspecified atom stereocenters. The Morgan fingerprint density at radius 1 is 1.00 bits per heavy atom. The smallest absolute Gasteiger partial charge is 0.309 e. The fourth-order valence-corrected chi connectivity index (χ4v) is 5.22. The molecule has 3 rings (SSSR count). The van der Waals surface area contributed by atoms with E-state index in [0.717, 1.165) is 37.5 Å². The third-order valence-electron chi connectivity index (χ3n) is 6.93. The van der Waals surface area contributed by atoms with E-state index in [9.17, 15) is 4.79 Å². The summed E-state index contributed by atoms with van der Waals surface area (Å²) >= 11 is 0. The van der Waals surface area contributed by atoms with Gasteiger partial charge in [0, 0.05) is 0 Å². The lowest BCUT2D eigenvalue weighted by Crippen LogP contribution is -2.40. The predicted molar refractivity (Wildman–Crippen MR) is 100 cm³/mol. The summed E-state index contributed by atoms with van der Waals surface area (Å²) in [4.78, 5) is 12.7. The fourth-order valence-electron chi connectivity index (χ4n) is 5.22. The van der Waals surface area contributed by atoms with E-state index < -0.39 is 0 Å². The molecule has 0 amide bonds. The van der Waals surface area contributed by atoms with Crippen molar-refractivity contribution in [3.63, 3.8) is 0 Å². The van der Waals surface area contributed by atoms with E-state index in [2.05, 4.69) is 20.8 Å². The van der Waals surface area contributed by atoms with Crippen LogP contribution >= 0.6 is 0 Å². The Hall–Kier alpha value is -0.530. The second kappa shape index (κ2) is 8.53. The monoisotopic (exact) mass is 326 g/mol. The lowest BCUT2D eigenvalue weighted by molar-refractivity contribution is -0.172. The number of carbonyl (C=O) groups is 1. The van der Waals surface area contributed by atoms with Crippen LogP contribution in [0.25, 0.3) is 0 Å². The van der Waals surface area contributed by atoms with Gasteiger partial charge in [-0.1, -0.05) is 49.5 Å². The minimum atomic E-state index is -0.119. The Morgan fingerprint density at radius 2 is 1.61 bits per heavy atom. The Labute approximate surface area is 145 Å². The minimum absolute atomic E-state index is 0. The molecule has 2 heteroatoms. The highest BCUT2D eigenvalue weighted by Crippen LogP contribution is 2.55. The van der Waals surface area contributed by atoms with Crippen molar-refractivity contribution >= 4 is 5.97 Å². The van der Waals surface area contributed by atoms with Gasteiger partial charge >= 0.3 is 5.97 Å². The first kappa shape index (κ1) is 22.5. The van der Waals surface area contributed by atoms with Gasteiger partial charge in [-0.05, 0) is 68.6 Å². The van der Waals surface area contributed by atoms with Gasteiger partial charge in [-0.15, -0.1) is 0 Å². The summed E-state index contributed by atoms with van der Waals surface area (Å²) in [5.74, 6) is 3.22. The minimum Gasteiger partial charge on any atom is -0.459 e. The zero-order valence-electron chi connectivity index (χ0n) is 13.4. The van der Waals surface area contributed by atoms with Crippen LogP contribution in [0.4, 0.5) is 0 Å². The van der Waals surface area contributed by atoms with E-state index in [4.69, 9.17) is 4.74 Å². The van der Waals surface area contributed by atoms with Crippen molar-refractivity contribution in [3.8, 4) is 0 Å². The molecule has 23 heavy (non-hydrogen) atoms. The molecular weight excluding hydrogens is 284 g/mol. The highest BCUT2D eigenvalue weighted by Gasteiger charge is 2.52. The zero-order valence-corrected chi connectivity index (χ0v) is 13.4. The SMILES string of the molecule is C.C.C.CCC1(OC(=O)C2CC3CC2C(C)C3C)CCCCC1. The van der Waals surface area contributed by atoms with Crippen molar-refractivity contribution in [1.29, 1.82) is 0 Å². The predicted octanol–water partition coefficient (Wildman–Crippen LogP) is 6.48. The van der Waals surface area contributed by atoms with Gasteiger partial charge in [0.2, 0.25) is 0 Å². The second-order valence-electron chi connectivity index (χ2n) is 7.74. The summed E-state index contributed by atoms with van der Waals surface area (Å²) in [5, 5.41) is 0. The zero-order chi connectivity index (χ0) is 14.3. The standard InChI is InChI=1S/C18H30O2.3CH4/c1-4-18(8-6-5-7-9-18)20-17(19)16-11-14-10-15(16)13(3)12(14)2;;;/h12-16H,4-11H2,1-3H3;3*1H4. The number of hydrogen-bond donors (Lipinski definition) is 0. The first-order valence-corrected chi connectivity index (χ1v) is 8.79. The lowest BCUT2D eigenvalue weighted by atomic mass is 9.75. The number of fused-ring (bicyclic) bond motifs is 2. The quantitative estimate of drug-likeness (QED) is 0.555. The third-order valence-corrected chi connectivity index (χ3v) is 6.93. The van der Waals surface area contributed by atoms with Gasteiger partial charge in [0.1, 0.15) is 5.60 Å². The summed E-state index contributed by atoms with van der Waals surface area (Å²) in [6.45, 7) is 6.89. The number of hydrogen-bond acceptors (Lipinski definition) is 2. The van der Waals surface area contributed by atoms with Crippen LogP contribution in [0.3, 0.4) is 0 Å². The molecule has 0 heterocycles. The van der Waals surface area contributed by atoms with E-state index in [1.165, 1.54) is 25.7 Å². The van der Waals surface area contributed by atoms with Crippen LogP contribution in [0.1, 0.15) is 94.4 Å². The van der Waals surface area contributed by atoms with Gasteiger partial charge in [0.15, 0.2) is 0 Å². The Bertz CT molecular complexity index is 368. The Balaban J connectivity index is 0.00000161. The molecule has 0 spiro atoms. The Morgan fingerprint density at radius 3 is 2.09 bits per heavy atom. The average molecular weight is 327 g/mol. The van der Waals surface area contributed by atoms with Crippen LogP contribution in [0.5, 0.6) is 0 Å². The molecule has 0 aromatic rings. The number of rotatable bonds is 3. The highest BCUT2D eigenvalue weighted by molar-refractivity contribution is 5.74. The van der Waals surface area contributed by atoms with Crippen LogP contribution in [0.15, 0.2) is 0 Å². The van der Waals surface area contributed by atoms with Gasteiger partial charge in [-0.3, -0.25) is 4.79 Å². The summed E-state index contributed by atoms with van der Waals surface area (Å²) < 4.78 is 6.11. The van der Waals surface area contributed by atoms with Crippen molar-refractivity contribution in [2.75, 3.05) is 0 Å². The van der Waals surface area contributed by atoms with E-state index in [-0.39, 0.29) is 39.8 Å². The number of esters is 1. The van der Waals surface area contributed by atoms with Crippen LogP contribution in [-0.2, 0) is 9.53 Å². The third kappa shape index (κ3) is 3.94. The van der Waals surface area contributed by atoms with E-state index in [0.29, 0.717) is 11.8 Å². The number of ether oxygens (including phenoxy) is 1.